The van der Waals surface area contributed by atoms with Crippen LogP contribution in [-0.4, -0.2) is 28.6 Å². The van der Waals surface area contributed by atoms with Gasteiger partial charge in [-0.2, -0.15) is 0 Å². The molecule has 1 aromatic carbocycles. The van der Waals surface area contributed by atoms with Crippen LogP contribution in [0.25, 0.3) is 10.6 Å². The summed E-state index contributed by atoms with van der Waals surface area (Å²) in [6.07, 6.45) is 4.13. The highest BCUT2D eigenvalue weighted by atomic mass is 127. The highest BCUT2D eigenvalue weighted by Crippen LogP contribution is 2.28. The Kier molecular flexibility index (Phi) is 8.80. The number of aliphatic imine (C=N–C) groups is 1. The molecule has 3 aromatic rings. The molecule has 0 aliphatic carbocycles. The standard InChI is InChI=1S/C20H25N5S.HI/c1-3-21-20(22-11-14-25-12-7-8-13-25)23-15-18-16(2)24-19(26-18)17-9-5-4-6-10-17;/h4-10,12-13H,3,11,14-15H2,1-2H3,(H2,21,22,23);1H. The van der Waals surface area contributed by atoms with E-state index >= 15 is 0 Å². The first-order valence-electron chi connectivity index (χ1n) is 8.91. The number of nitrogens with one attached hydrogen (secondary N) is 2. The topological polar surface area (TPSA) is 54.2 Å². The third-order valence-electron chi connectivity index (χ3n) is 3.97. The number of thiazole rings is 1. The number of hydrogen-bond donors (Lipinski definition) is 2. The summed E-state index contributed by atoms with van der Waals surface area (Å²) in [5.74, 6) is 0.841. The fourth-order valence-corrected chi connectivity index (χ4v) is 3.59. The zero-order valence-corrected chi connectivity index (χ0v) is 18.8. The second-order valence-corrected chi connectivity index (χ2v) is 7.02. The molecule has 2 N–H and O–H groups in total. The van der Waals surface area contributed by atoms with Gasteiger partial charge in [0, 0.05) is 42.5 Å². The van der Waals surface area contributed by atoms with Crippen LogP contribution < -0.4 is 10.6 Å². The molecule has 0 amide bonds. The maximum atomic E-state index is 4.73. The molecule has 0 atom stereocenters. The summed E-state index contributed by atoms with van der Waals surface area (Å²) in [6.45, 7) is 7.35. The Balaban J connectivity index is 0.00000261. The van der Waals surface area contributed by atoms with E-state index in [1.54, 1.807) is 11.3 Å². The normalized spacial score (nSPS) is 11.1. The quantitative estimate of drug-likeness (QED) is 0.292. The van der Waals surface area contributed by atoms with Gasteiger partial charge in [0.25, 0.3) is 0 Å². The zero-order valence-electron chi connectivity index (χ0n) is 15.7. The molecular weight excluding hydrogens is 469 g/mol. The van der Waals surface area contributed by atoms with Crippen molar-refractivity contribution in [2.75, 3.05) is 13.1 Å². The molecule has 0 saturated heterocycles. The fourth-order valence-electron chi connectivity index (χ4n) is 2.59. The van der Waals surface area contributed by atoms with Gasteiger partial charge in [-0.25, -0.2) is 9.98 Å². The van der Waals surface area contributed by atoms with E-state index in [2.05, 4.69) is 53.6 Å². The number of hydrogen-bond acceptors (Lipinski definition) is 3. The monoisotopic (exact) mass is 495 g/mol. The first-order valence-corrected chi connectivity index (χ1v) is 9.72. The van der Waals surface area contributed by atoms with E-state index in [-0.39, 0.29) is 24.0 Å². The van der Waals surface area contributed by atoms with Crippen molar-refractivity contribution in [3.8, 4) is 10.6 Å². The minimum absolute atomic E-state index is 0. The number of rotatable bonds is 7. The van der Waals surface area contributed by atoms with Gasteiger partial charge < -0.3 is 15.2 Å². The van der Waals surface area contributed by atoms with Crippen molar-refractivity contribution in [3.63, 3.8) is 0 Å². The Morgan fingerprint density at radius 1 is 1.11 bits per heavy atom. The second kappa shape index (κ2) is 11.1. The van der Waals surface area contributed by atoms with Crippen molar-refractivity contribution in [1.82, 2.24) is 20.2 Å². The summed E-state index contributed by atoms with van der Waals surface area (Å²) >= 11 is 1.72. The smallest absolute Gasteiger partial charge is 0.191 e. The third-order valence-corrected chi connectivity index (χ3v) is 5.16. The number of aromatic nitrogens is 2. The van der Waals surface area contributed by atoms with E-state index in [0.29, 0.717) is 6.54 Å². The van der Waals surface area contributed by atoms with E-state index in [9.17, 15) is 0 Å². The van der Waals surface area contributed by atoms with Crippen LogP contribution in [0.1, 0.15) is 17.5 Å². The highest BCUT2D eigenvalue weighted by Gasteiger charge is 2.09. The minimum atomic E-state index is 0. The first kappa shape index (κ1) is 21.4. The number of aryl methyl sites for hydroxylation is 1. The molecule has 0 radical (unpaired) electrons. The lowest BCUT2D eigenvalue weighted by Gasteiger charge is -2.11. The van der Waals surface area contributed by atoms with Crippen molar-refractivity contribution in [3.05, 3.63) is 65.4 Å². The molecule has 0 fully saturated rings. The fraction of sp³-hybridized carbons (Fsp3) is 0.300. The third kappa shape index (κ3) is 6.35. The van der Waals surface area contributed by atoms with Gasteiger partial charge in [0.1, 0.15) is 5.01 Å². The summed E-state index contributed by atoms with van der Waals surface area (Å²) in [5, 5.41) is 7.75. The largest absolute Gasteiger partial charge is 0.357 e. The van der Waals surface area contributed by atoms with Crippen LogP contribution in [0.5, 0.6) is 0 Å². The lowest BCUT2D eigenvalue weighted by Crippen LogP contribution is -2.38. The molecular formula is C20H26IN5S. The highest BCUT2D eigenvalue weighted by molar-refractivity contribution is 14.0. The molecule has 2 heterocycles. The molecule has 2 aromatic heterocycles. The van der Waals surface area contributed by atoms with Crippen LogP contribution in [-0.2, 0) is 13.1 Å². The van der Waals surface area contributed by atoms with E-state index in [1.165, 1.54) is 4.88 Å². The molecule has 5 nitrogen and oxygen atoms in total. The van der Waals surface area contributed by atoms with Crippen LogP contribution in [0.4, 0.5) is 0 Å². The Morgan fingerprint density at radius 2 is 1.85 bits per heavy atom. The van der Waals surface area contributed by atoms with Crippen molar-refractivity contribution in [2.24, 2.45) is 4.99 Å². The van der Waals surface area contributed by atoms with Gasteiger partial charge in [-0.05, 0) is 26.0 Å². The Bertz CT molecular complexity index is 827. The van der Waals surface area contributed by atoms with Gasteiger partial charge in [-0.15, -0.1) is 35.3 Å². The Labute approximate surface area is 182 Å². The van der Waals surface area contributed by atoms with E-state index < -0.39 is 0 Å². The molecule has 0 spiro atoms. The zero-order chi connectivity index (χ0) is 18.2. The van der Waals surface area contributed by atoms with Gasteiger partial charge in [0.05, 0.1) is 12.2 Å². The van der Waals surface area contributed by atoms with Crippen molar-refractivity contribution < 1.29 is 0 Å². The number of benzene rings is 1. The molecule has 3 rings (SSSR count). The van der Waals surface area contributed by atoms with Crippen LogP contribution >= 0.6 is 35.3 Å². The average Bonchev–Trinajstić information content (AvgIpc) is 3.30. The van der Waals surface area contributed by atoms with Crippen molar-refractivity contribution in [2.45, 2.75) is 26.9 Å². The summed E-state index contributed by atoms with van der Waals surface area (Å²) in [6, 6.07) is 14.4. The Morgan fingerprint density at radius 3 is 2.56 bits per heavy atom. The van der Waals surface area contributed by atoms with E-state index in [4.69, 9.17) is 9.98 Å². The second-order valence-electron chi connectivity index (χ2n) is 5.94. The Hall–Kier alpha value is -1.87. The van der Waals surface area contributed by atoms with Crippen molar-refractivity contribution in [1.29, 1.82) is 0 Å². The summed E-state index contributed by atoms with van der Waals surface area (Å²) in [7, 11) is 0. The molecule has 0 bridgehead atoms. The molecule has 144 valence electrons. The summed E-state index contributed by atoms with van der Waals surface area (Å²) < 4.78 is 2.15. The molecule has 7 heteroatoms. The summed E-state index contributed by atoms with van der Waals surface area (Å²) in [4.78, 5) is 10.6. The predicted octanol–water partition coefficient (Wildman–Crippen LogP) is 4.29. The van der Waals surface area contributed by atoms with Gasteiger partial charge in [-0.1, -0.05) is 30.3 Å². The average molecular weight is 495 g/mol. The molecule has 0 aliphatic heterocycles. The van der Waals surface area contributed by atoms with Gasteiger partial charge in [0.2, 0.25) is 0 Å². The van der Waals surface area contributed by atoms with Crippen LogP contribution in [0.2, 0.25) is 0 Å². The van der Waals surface area contributed by atoms with Gasteiger partial charge in [0.15, 0.2) is 5.96 Å². The van der Waals surface area contributed by atoms with E-state index in [1.807, 2.05) is 30.3 Å². The maximum Gasteiger partial charge on any atom is 0.191 e. The molecule has 0 unspecified atom stereocenters. The van der Waals surface area contributed by atoms with Crippen LogP contribution in [0, 0.1) is 6.92 Å². The SMILES string of the molecule is CCNC(=NCc1sc(-c2ccccc2)nc1C)NCCn1cccc1.I. The molecule has 0 aliphatic rings. The predicted molar refractivity (Wildman–Crippen MR) is 125 cm³/mol. The van der Waals surface area contributed by atoms with Crippen LogP contribution in [0.15, 0.2) is 59.9 Å². The van der Waals surface area contributed by atoms with Crippen LogP contribution in [0.3, 0.4) is 0 Å². The lowest BCUT2D eigenvalue weighted by atomic mass is 10.2. The molecule has 27 heavy (non-hydrogen) atoms. The number of nitrogens with zero attached hydrogens (tertiary/aromatic N) is 3. The lowest BCUT2D eigenvalue weighted by molar-refractivity contribution is 0.666. The maximum absolute atomic E-state index is 4.73. The number of halogens is 1. The molecule has 0 saturated carbocycles. The first-order chi connectivity index (χ1) is 12.8. The minimum Gasteiger partial charge on any atom is -0.357 e. The summed E-state index contributed by atoms with van der Waals surface area (Å²) in [5.41, 5.74) is 2.22. The van der Waals surface area contributed by atoms with Crippen molar-refractivity contribution >= 4 is 41.3 Å². The van der Waals surface area contributed by atoms with Gasteiger partial charge >= 0.3 is 0 Å². The van der Waals surface area contributed by atoms with Gasteiger partial charge in [-0.3, -0.25) is 0 Å². The van der Waals surface area contributed by atoms with E-state index in [0.717, 1.165) is 41.9 Å². The number of guanidine groups is 1.